The fraction of sp³-hybridized carbons (Fsp3) is 0.200. The molecule has 2 fully saturated rings. The van der Waals surface area contributed by atoms with Crippen molar-refractivity contribution in [2.45, 2.75) is 29.6 Å². The molecular weight excluding hydrogens is 542 g/mol. The second-order valence-corrected chi connectivity index (χ2v) is 11.0. The van der Waals surface area contributed by atoms with E-state index in [0.717, 1.165) is 11.1 Å². The number of fused-ring (bicyclic) bond motifs is 3. The lowest BCUT2D eigenvalue weighted by molar-refractivity contribution is -0.180. The first-order valence-corrected chi connectivity index (χ1v) is 14.2. The molecule has 4 heterocycles. The van der Waals surface area contributed by atoms with E-state index in [0.29, 0.717) is 16.8 Å². The fourth-order valence-electron chi connectivity index (χ4n) is 7.28. The Balaban J connectivity index is 1.55. The molecule has 1 N–H and O–H groups in total. The Labute approximate surface area is 249 Å². The van der Waals surface area contributed by atoms with Crippen molar-refractivity contribution in [3.8, 4) is 0 Å². The van der Waals surface area contributed by atoms with Crippen LogP contribution < -0.4 is 5.32 Å². The highest BCUT2D eigenvalue weighted by Crippen LogP contribution is 2.64. The lowest BCUT2D eigenvalue weighted by Crippen LogP contribution is -2.52. The normalized spacial score (nSPS) is 27.6. The Hall–Kier alpha value is -5.08. The maximum absolute atomic E-state index is 14.5. The third-order valence-corrected chi connectivity index (χ3v) is 8.81. The summed E-state index contributed by atoms with van der Waals surface area (Å²) in [5, 5.41) is 3.03. The van der Waals surface area contributed by atoms with Crippen LogP contribution in [0.3, 0.4) is 0 Å². The molecule has 1 aromatic heterocycles. The van der Waals surface area contributed by atoms with E-state index < -0.39 is 47.5 Å². The molecule has 214 valence electrons. The third kappa shape index (κ3) is 4.01. The molecule has 0 unspecified atom stereocenters. The Morgan fingerprint density at radius 2 is 1.58 bits per heavy atom. The number of carbonyl (C=O) groups excluding carboxylic acids is 3. The first-order valence-electron chi connectivity index (χ1n) is 14.2. The van der Waals surface area contributed by atoms with Crippen molar-refractivity contribution in [2.75, 3.05) is 11.9 Å². The van der Waals surface area contributed by atoms with E-state index in [-0.39, 0.29) is 12.5 Å². The second-order valence-electron chi connectivity index (χ2n) is 11.0. The topological polar surface area (TPSA) is 97.8 Å². The molecule has 0 saturated carbocycles. The number of ether oxygens (including phenoxy) is 2. The van der Waals surface area contributed by atoms with Gasteiger partial charge in [0.25, 0.3) is 0 Å². The lowest BCUT2D eigenvalue weighted by Gasteiger charge is -2.46. The molecule has 43 heavy (non-hydrogen) atoms. The molecule has 1 spiro atoms. The molecule has 4 aromatic rings. The number of carbonyl (C=O) groups is 3. The third-order valence-electron chi connectivity index (χ3n) is 8.81. The maximum Gasteiger partial charge on any atom is 0.325 e. The summed E-state index contributed by atoms with van der Waals surface area (Å²) in [6.45, 7) is 3.62. The van der Waals surface area contributed by atoms with Gasteiger partial charge in [0.1, 0.15) is 30.1 Å². The molecule has 3 aliphatic rings. The number of nitrogens with one attached hydrogen (secondary N) is 1. The van der Waals surface area contributed by atoms with Crippen molar-refractivity contribution in [3.05, 3.63) is 144 Å². The van der Waals surface area contributed by atoms with Crippen LogP contribution in [-0.2, 0) is 29.3 Å². The van der Waals surface area contributed by atoms with E-state index in [9.17, 15) is 14.4 Å². The largest absolute Gasteiger partial charge is 0.461 e. The van der Waals surface area contributed by atoms with E-state index in [1.54, 1.807) is 18.5 Å². The Morgan fingerprint density at radius 1 is 0.907 bits per heavy atom. The van der Waals surface area contributed by atoms with Crippen LogP contribution in [-0.4, -0.2) is 40.4 Å². The van der Waals surface area contributed by atoms with Gasteiger partial charge in [-0.3, -0.25) is 24.3 Å². The number of anilines is 1. The van der Waals surface area contributed by atoms with Gasteiger partial charge in [0, 0.05) is 18.1 Å². The van der Waals surface area contributed by atoms with Crippen LogP contribution in [0.1, 0.15) is 40.4 Å². The number of para-hydroxylation sites is 1. The van der Waals surface area contributed by atoms with Crippen LogP contribution in [0, 0.1) is 5.92 Å². The summed E-state index contributed by atoms with van der Waals surface area (Å²) >= 11 is 0. The summed E-state index contributed by atoms with van der Waals surface area (Å²) in [7, 11) is 0. The van der Waals surface area contributed by atoms with Crippen molar-refractivity contribution in [1.29, 1.82) is 0 Å². The van der Waals surface area contributed by atoms with Gasteiger partial charge >= 0.3 is 11.9 Å². The molecule has 8 heteroatoms. The standard InChI is InChI=1S/C35H29N3O5/c1-2-20-42-32(39)27-29-33(40)43-30(23-14-7-4-8-15-23)28(22-12-5-3-6-13-22)38(29)31(24-16-11-19-36-21-24)35(27)25-17-9-10-18-26(25)37-34(35)41/h2-19,21,27-31H,1,20H2,(H,37,41)/t27-,28-,29-,30+,31+,35-/m1/s1. The minimum absolute atomic E-state index is 0.0667. The van der Waals surface area contributed by atoms with Gasteiger partial charge in [0.05, 0.1) is 12.1 Å². The van der Waals surface area contributed by atoms with Gasteiger partial charge < -0.3 is 14.8 Å². The number of nitrogens with zero attached hydrogens (tertiary/aromatic N) is 2. The molecule has 0 aliphatic carbocycles. The van der Waals surface area contributed by atoms with Gasteiger partial charge in [-0.05, 0) is 34.4 Å². The van der Waals surface area contributed by atoms with Crippen LogP contribution >= 0.6 is 0 Å². The minimum Gasteiger partial charge on any atom is -0.461 e. The molecule has 2 saturated heterocycles. The highest BCUT2D eigenvalue weighted by atomic mass is 16.6. The number of hydrogen-bond donors (Lipinski definition) is 1. The van der Waals surface area contributed by atoms with Crippen LogP contribution in [0.15, 0.2) is 122 Å². The monoisotopic (exact) mass is 571 g/mol. The lowest BCUT2D eigenvalue weighted by atomic mass is 9.65. The van der Waals surface area contributed by atoms with Crippen LogP contribution in [0.4, 0.5) is 5.69 Å². The van der Waals surface area contributed by atoms with Crippen molar-refractivity contribution < 1.29 is 23.9 Å². The molecule has 6 atom stereocenters. The first-order chi connectivity index (χ1) is 21.1. The Bertz CT molecular complexity index is 1700. The number of benzene rings is 3. The molecule has 8 nitrogen and oxygen atoms in total. The number of aromatic nitrogens is 1. The molecule has 1 amide bonds. The molecule has 0 radical (unpaired) electrons. The smallest absolute Gasteiger partial charge is 0.325 e. The van der Waals surface area contributed by atoms with Crippen LogP contribution in [0.25, 0.3) is 0 Å². The highest BCUT2D eigenvalue weighted by molar-refractivity contribution is 6.11. The van der Waals surface area contributed by atoms with E-state index >= 15 is 0 Å². The van der Waals surface area contributed by atoms with Gasteiger partial charge in [-0.15, -0.1) is 0 Å². The number of esters is 2. The predicted molar refractivity (Wildman–Crippen MR) is 158 cm³/mol. The quantitative estimate of drug-likeness (QED) is 0.255. The average Bonchev–Trinajstić information content (AvgIpc) is 3.53. The van der Waals surface area contributed by atoms with Crippen LogP contribution in [0.5, 0.6) is 0 Å². The van der Waals surface area contributed by atoms with E-state index in [4.69, 9.17) is 9.47 Å². The zero-order valence-corrected chi connectivity index (χ0v) is 23.2. The first kappa shape index (κ1) is 26.8. The number of amides is 1. The number of morpholine rings is 1. The number of hydrogen-bond acceptors (Lipinski definition) is 7. The van der Waals surface area contributed by atoms with Gasteiger partial charge in [-0.1, -0.05) is 97.6 Å². The number of rotatable bonds is 6. The number of cyclic esters (lactones) is 1. The van der Waals surface area contributed by atoms with E-state index in [2.05, 4.69) is 16.9 Å². The SMILES string of the molecule is C=CCOC(=O)[C@H]1[C@@H]2C(=O)O[C@@H](c3ccccc3)[C@@H](c3ccccc3)N2[C@@H](c2cccnc2)[C@]12C(=O)Nc1ccccc12. The van der Waals surface area contributed by atoms with Gasteiger partial charge in [0.15, 0.2) is 0 Å². The van der Waals surface area contributed by atoms with Gasteiger partial charge in [-0.25, -0.2) is 0 Å². The summed E-state index contributed by atoms with van der Waals surface area (Å²) in [6.07, 6.45) is 4.11. The minimum atomic E-state index is -1.53. The molecule has 3 aromatic carbocycles. The summed E-state index contributed by atoms with van der Waals surface area (Å²) in [4.78, 5) is 49.5. The zero-order valence-electron chi connectivity index (χ0n) is 23.2. The summed E-state index contributed by atoms with van der Waals surface area (Å²) < 4.78 is 12.0. The van der Waals surface area contributed by atoms with Crippen molar-refractivity contribution in [3.63, 3.8) is 0 Å². The predicted octanol–water partition coefficient (Wildman–Crippen LogP) is 5.08. The second kappa shape index (κ2) is 10.6. The summed E-state index contributed by atoms with van der Waals surface area (Å²) in [6, 6.07) is 27.9. The highest BCUT2D eigenvalue weighted by Gasteiger charge is 2.74. The number of pyridine rings is 1. The summed E-state index contributed by atoms with van der Waals surface area (Å²) in [5.74, 6) is -2.87. The van der Waals surface area contributed by atoms with Crippen molar-refractivity contribution in [1.82, 2.24) is 9.88 Å². The molecule has 0 bridgehead atoms. The Morgan fingerprint density at radius 3 is 2.28 bits per heavy atom. The van der Waals surface area contributed by atoms with Crippen molar-refractivity contribution in [2.24, 2.45) is 5.92 Å². The Kier molecular flexibility index (Phi) is 6.63. The molecular formula is C35H29N3O5. The molecule has 7 rings (SSSR count). The van der Waals surface area contributed by atoms with Gasteiger partial charge in [-0.2, -0.15) is 0 Å². The van der Waals surface area contributed by atoms with Crippen LogP contribution in [0.2, 0.25) is 0 Å². The average molecular weight is 572 g/mol. The van der Waals surface area contributed by atoms with E-state index in [1.165, 1.54) is 6.08 Å². The zero-order chi connectivity index (χ0) is 29.6. The van der Waals surface area contributed by atoms with E-state index in [1.807, 2.05) is 95.9 Å². The van der Waals surface area contributed by atoms with Crippen molar-refractivity contribution >= 4 is 23.5 Å². The molecule has 3 aliphatic heterocycles. The maximum atomic E-state index is 14.5. The fourth-order valence-corrected chi connectivity index (χ4v) is 7.28. The van der Waals surface area contributed by atoms with Gasteiger partial charge in [0.2, 0.25) is 5.91 Å². The summed E-state index contributed by atoms with van der Waals surface area (Å²) in [5.41, 5.74) is 2.06.